The van der Waals surface area contributed by atoms with Gasteiger partial charge in [-0.3, -0.25) is 9.78 Å². The second kappa shape index (κ2) is 9.56. The summed E-state index contributed by atoms with van der Waals surface area (Å²) in [5.74, 6) is 0.609. The van der Waals surface area contributed by atoms with Crippen molar-refractivity contribution in [1.82, 2.24) is 4.98 Å². The molecular weight excluding hydrogens is 422 g/mol. The van der Waals surface area contributed by atoms with Gasteiger partial charge in [-0.2, -0.15) is 0 Å². The highest BCUT2D eigenvalue weighted by atomic mass is 16.5. The molecule has 1 aromatic heterocycles. The van der Waals surface area contributed by atoms with E-state index in [0.29, 0.717) is 17.9 Å². The average molecular weight is 452 g/mol. The molecule has 0 radical (unpaired) electrons. The van der Waals surface area contributed by atoms with Gasteiger partial charge in [0.25, 0.3) is 5.91 Å². The molecule has 1 amide bonds. The number of amides is 1. The van der Waals surface area contributed by atoms with Crippen molar-refractivity contribution in [1.29, 1.82) is 0 Å². The Morgan fingerprint density at radius 2 is 1.82 bits per heavy atom. The Balaban J connectivity index is 1.35. The van der Waals surface area contributed by atoms with Gasteiger partial charge in [-0.15, -0.1) is 0 Å². The summed E-state index contributed by atoms with van der Waals surface area (Å²) in [4.78, 5) is 18.0. The SMILES string of the molecule is CCc1ccc(OCc2ccccc2C(=O)Nc2ccc3nc4c(c(N)c3c2)CCCC4)cc1. The van der Waals surface area contributed by atoms with Crippen molar-refractivity contribution in [2.45, 2.75) is 45.6 Å². The third-order valence-corrected chi connectivity index (χ3v) is 6.55. The van der Waals surface area contributed by atoms with E-state index in [0.717, 1.165) is 71.3 Å². The van der Waals surface area contributed by atoms with Crippen LogP contribution in [0.15, 0.2) is 66.7 Å². The molecule has 0 unspecified atom stereocenters. The lowest BCUT2D eigenvalue weighted by Crippen LogP contribution is -2.15. The van der Waals surface area contributed by atoms with Gasteiger partial charge in [-0.25, -0.2) is 0 Å². The minimum Gasteiger partial charge on any atom is -0.489 e. The summed E-state index contributed by atoms with van der Waals surface area (Å²) in [6.45, 7) is 2.44. The van der Waals surface area contributed by atoms with Crippen molar-refractivity contribution < 1.29 is 9.53 Å². The summed E-state index contributed by atoms with van der Waals surface area (Å²) < 4.78 is 5.95. The minimum atomic E-state index is -0.177. The van der Waals surface area contributed by atoms with Crippen LogP contribution in [0.2, 0.25) is 0 Å². The van der Waals surface area contributed by atoms with Crippen LogP contribution >= 0.6 is 0 Å². The fraction of sp³-hybridized carbons (Fsp3) is 0.241. The highest BCUT2D eigenvalue weighted by Crippen LogP contribution is 2.32. The molecule has 3 N–H and O–H groups in total. The lowest BCUT2D eigenvalue weighted by atomic mass is 9.93. The third-order valence-electron chi connectivity index (χ3n) is 6.55. The van der Waals surface area contributed by atoms with E-state index in [4.69, 9.17) is 15.5 Å². The molecule has 3 aromatic carbocycles. The molecule has 34 heavy (non-hydrogen) atoms. The van der Waals surface area contributed by atoms with Crippen LogP contribution in [0, 0.1) is 0 Å². The first kappa shape index (κ1) is 22.0. The molecule has 5 rings (SSSR count). The smallest absolute Gasteiger partial charge is 0.256 e. The zero-order chi connectivity index (χ0) is 23.5. The number of aryl methyl sites for hydroxylation is 2. The lowest BCUT2D eigenvalue weighted by Gasteiger charge is -2.19. The first-order chi connectivity index (χ1) is 16.6. The number of pyridine rings is 1. The number of anilines is 2. The Labute approximate surface area is 200 Å². The van der Waals surface area contributed by atoms with Gasteiger partial charge in [-0.1, -0.05) is 37.3 Å². The monoisotopic (exact) mass is 451 g/mol. The fourth-order valence-corrected chi connectivity index (χ4v) is 4.59. The molecule has 0 saturated carbocycles. The maximum Gasteiger partial charge on any atom is 0.256 e. The molecule has 0 saturated heterocycles. The van der Waals surface area contributed by atoms with Crippen molar-refractivity contribution >= 4 is 28.2 Å². The van der Waals surface area contributed by atoms with Crippen molar-refractivity contribution in [2.75, 3.05) is 11.1 Å². The number of aromatic nitrogens is 1. The van der Waals surface area contributed by atoms with E-state index >= 15 is 0 Å². The Hall–Kier alpha value is -3.86. The molecule has 172 valence electrons. The second-order valence-electron chi connectivity index (χ2n) is 8.79. The van der Waals surface area contributed by atoms with Crippen LogP contribution in [-0.4, -0.2) is 10.9 Å². The third kappa shape index (κ3) is 4.46. The summed E-state index contributed by atoms with van der Waals surface area (Å²) in [6.07, 6.45) is 5.24. The van der Waals surface area contributed by atoms with Gasteiger partial charge in [0.2, 0.25) is 0 Å². The maximum absolute atomic E-state index is 13.2. The van der Waals surface area contributed by atoms with Crippen LogP contribution < -0.4 is 15.8 Å². The van der Waals surface area contributed by atoms with Crippen LogP contribution in [-0.2, 0) is 25.9 Å². The largest absolute Gasteiger partial charge is 0.489 e. The van der Waals surface area contributed by atoms with Gasteiger partial charge < -0.3 is 15.8 Å². The van der Waals surface area contributed by atoms with Crippen LogP contribution in [0.4, 0.5) is 11.4 Å². The van der Waals surface area contributed by atoms with Crippen molar-refractivity contribution in [3.05, 3.63) is 94.7 Å². The molecular formula is C29H29N3O2. The van der Waals surface area contributed by atoms with Crippen LogP contribution in [0.5, 0.6) is 5.75 Å². The van der Waals surface area contributed by atoms with E-state index in [9.17, 15) is 4.79 Å². The van der Waals surface area contributed by atoms with Crippen molar-refractivity contribution in [2.24, 2.45) is 0 Å². The number of nitrogens with two attached hydrogens (primary N) is 1. The number of benzene rings is 3. The molecule has 0 fully saturated rings. The quantitative estimate of drug-likeness (QED) is 0.372. The Morgan fingerprint density at radius 3 is 2.65 bits per heavy atom. The molecule has 1 heterocycles. The van der Waals surface area contributed by atoms with E-state index < -0.39 is 0 Å². The molecule has 0 aliphatic heterocycles. The Morgan fingerprint density at radius 1 is 1.03 bits per heavy atom. The fourth-order valence-electron chi connectivity index (χ4n) is 4.59. The number of ether oxygens (including phenoxy) is 1. The van der Waals surface area contributed by atoms with Gasteiger partial charge in [0.1, 0.15) is 12.4 Å². The highest BCUT2D eigenvalue weighted by molar-refractivity contribution is 6.06. The number of hydrogen-bond acceptors (Lipinski definition) is 4. The number of rotatable bonds is 6. The molecule has 5 nitrogen and oxygen atoms in total. The van der Waals surface area contributed by atoms with E-state index in [1.165, 1.54) is 5.56 Å². The summed E-state index contributed by atoms with van der Waals surface area (Å²) in [5, 5.41) is 3.93. The van der Waals surface area contributed by atoms with Crippen molar-refractivity contribution in [3.63, 3.8) is 0 Å². The van der Waals surface area contributed by atoms with E-state index in [-0.39, 0.29) is 5.91 Å². The zero-order valence-electron chi connectivity index (χ0n) is 19.4. The number of hydrogen-bond donors (Lipinski definition) is 2. The van der Waals surface area contributed by atoms with Gasteiger partial charge in [0.15, 0.2) is 0 Å². The summed E-state index contributed by atoms with van der Waals surface area (Å²) in [6, 6.07) is 21.3. The standard InChI is InChI=1S/C29H29N3O2/c1-2-19-11-14-22(15-12-19)34-18-20-7-3-4-8-23(20)29(33)31-21-13-16-27-25(17-21)28(30)24-9-5-6-10-26(24)32-27/h3-4,7-8,11-17H,2,5-6,9-10,18H2,1H3,(H2,30,32)(H,31,33). The normalized spacial score (nSPS) is 12.9. The van der Waals surface area contributed by atoms with Crippen LogP contribution in [0.25, 0.3) is 10.9 Å². The van der Waals surface area contributed by atoms with Gasteiger partial charge >= 0.3 is 0 Å². The Kier molecular flexibility index (Phi) is 6.17. The van der Waals surface area contributed by atoms with Gasteiger partial charge in [0, 0.05) is 33.6 Å². The number of carbonyl (C=O) groups is 1. The molecule has 1 aliphatic carbocycles. The number of nitrogens with one attached hydrogen (secondary N) is 1. The molecule has 4 aromatic rings. The second-order valence-corrected chi connectivity index (χ2v) is 8.79. The van der Waals surface area contributed by atoms with Gasteiger partial charge in [-0.05, 0) is 79.6 Å². The molecule has 0 atom stereocenters. The zero-order valence-corrected chi connectivity index (χ0v) is 19.4. The van der Waals surface area contributed by atoms with E-state index in [1.807, 2.05) is 54.6 Å². The first-order valence-electron chi connectivity index (χ1n) is 11.9. The topological polar surface area (TPSA) is 77.2 Å². The number of nitrogens with zero attached hydrogens (tertiary/aromatic N) is 1. The lowest BCUT2D eigenvalue weighted by molar-refractivity contribution is 0.102. The van der Waals surface area contributed by atoms with Crippen molar-refractivity contribution in [3.8, 4) is 5.75 Å². The van der Waals surface area contributed by atoms with E-state index in [2.05, 4.69) is 24.4 Å². The summed E-state index contributed by atoms with van der Waals surface area (Å²) in [5.41, 5.74) is 13.8. The summed E-state index contributed by atoms with van der Waals surface area (Å²) >= 11 is 0. The molecule has 0 spiro atoms. The number of fused-ring (bicyclic) bond motifs is 2. The van der Waals surface area contributed by atoms with E-state index in [1.54, 1.807) is 0 Å². The Bertz CT molecular complexity index is 1350. The first-order valence-corrected chi connectivity index (χ1v) is 11.9. The van der Waals surface area contributed by atoms with Gasteiger partial charge in [0.05, 0.1) is 5.52 Å². The predicted molar refractivity (Wildman–Crippen MR) is 137 cm³/mol. The number of carbonyl (C=O) groups excluding carboxylic acids is 1. The maximum atomic E-state index is 13.2. The van der Waals surface area contributed by atoms with Crippen LogP contribution in [0.3, 0.4) is 0 Å². The average Bonchev–Trinajstić information content (AvgIpc) is 2.88. The summed E-state index contributed by atoms with van der Waals surface area (Å²) in [7, 11) is 0. The predicted octanol–water partition coefficient (Wildman–Crippen LogP) is 6.09. The molecule has 0 bridgehead atoms. The minimum absolute atomic E-state index is 0.177. The number of nitrogen functional groups attached to an aromatic ring is 1. The molecule has 5 heteroatoms. The van der Waals surface area contributed by atoms with Crippen LogP contribution in [0.1, 0.15) is 52.5 Å². The molecule has 1 aliphatic rings. The highest BCUT2D eigenvalue weighted by Gasteiger charge is 2.17.